The number of quaternary nitrogens is 1. The van der Waals surface area contributed by atoms with Gasteiger partial charge in [-0.2, -0.15) is 0 Å². The Morgan fingerprint density at radius 2 is 1.59 bits per heavy atom. The lowest BCUT2D eigenvalue weighted by molar-refractivity contribution is -0.826. The molecule has 4 saturated carbocycles. The van der Waals surface area contributed by atoms with Gasteiger partial charge in [-0.05, 0) is 82.0 Å². The van der Waals surface area contributed by atoms with E-state index >= 15 is 0 Å². The van der Waals surface area contributed by atoms with E-state index in [0.717, 1.165) is 62.7 Å². The van der Waals surface area contributed by atoms with Gasteiger partial charge in [-0.25, -0.2) is 0 Å². The van der Waals surface area contributed by atoms with Gasteiger partial charge in [0, 0.05) is 0 Å². The van der Waals surface area contributed by atoms with Gasteiger partial charge in [0.2, 0.25) is 0 Å². The molecule has 4 fully saturated rings. The van der Waals surface area contributed by atoms with Crippen LogP contribution in [0.1, 0.15) is 64.2 Å². The predicted molar refractivity (Wildman–Crippen MR) is 85.2 cm³/mol. The Kier molecular flexibility index (Phi) is 5.08. The van der Waals surface area contributed by atoms with Crippen molar-refractivity contribution < 1.29 is 14.6 Å². The summed E-state index contributed by atoms with van der Waals surface area (Å²) < 4.78 is 5.65. The first-order valence-electron chi connectivity index (χ1n) is 9.24. The summed E-state index contributed by atoms with van der Waals surface area (Å²) in [5.74, 6) is 2.50. The molecular formula is C18H31NO3. The first-order valence-corrected chi connectivity index (χ1v) is 9.24. The van der Waals surface area contributed by atoms with Crippen LogP contribution in [0.25, 0.3) is 0 Å². The Hall–Kier alpha value is -0.610. The molecule has 4 nitrogen and oxygen atoms in total. The Morgan fingerprint density at radius 3 is 2.14 bits per heavy atom. The summed E-state index contributed by atoms with van der Waals surface area (Å²) in [5.41, 5.74) is -0.108. The molecule has 22 heavy (non-hydrogen) atoms. The van der Waals surface area contributed by atoms with Crippen LogP contribution in [0.2, 0.25) is 0 Å². The Balaban J connectivity index is 1.36. The highest BCUT2D eigenvalue weighted by Crippen LogP contribution is 2.60. The van der Waals surface area contributed by atoms with Gasteiger partial charge in [-0.3, -0.25) is 4.79 Å². The molecule has 4 aliphatic rings. The monoisotopic (exact) mass is 309 g/mol. The van der Waals surface area contributed by atoms with Gasteiger partial charge in [0.25, 0.3) is 0 Å². The van der Waals surface area contributed by atoms with Crippen molar-refractivity contribution in [3.8, 4) is 0 Å². The summed E-state index contributed by atoms with van der Waals surface area (Å²) in [6.45, 7) is 1.26. The SMILES string of the molecule is C[NH+]([O-])CCCCCCOC(=O)C12CC3CC(CC(C3)C1)C2. The molecule has 0 aromatic carbocycles. The number of esters is 1. The largest absolute Gasteiger partial charge is 0.634 e. The lowest BCUT2D eigenvalue weighted by Crippen LogP contribution is -3.03. The molecule has 0 heterocycles. The Labute approximate surface area is 134 Å². The van der Waals surface area contributed by atoms with Crippen molar-refractivity contribution in [1.82, 2.24) is 0 Å². The molecule has 0 aromatic rings. The van der Waals surface area contributed by atoms with Gasteiger partial charge in [-0.1, -0.05) is 0 Å². The summed E-state index contributed by atoms with van der Waals surface area (Å²) in [6.07, 6.45) is 11.4. The maximum absolute atomic E-state index is 12.6. The summed E-state index contributed by atoms with van der Waals surface area (Å²) in [7, 11) is 1.65. The zero-order valence-electron chi connectivity index (χ0n) is 13.9. The fourth-order valence-corrected chi connectivity index (χ4v) is 5.51. The lowest BCUT2D eigenvalue weighted by Gasteiger charge is -2.55. The zero-order valence-corrected chi connectivity index (χ0v) is 13.9. The molecule has 4 bridgehead atoms. The second-order valence-corrected chi connectivity index (χ2v) is 8.20. The van der Waals surface area contributed by atoms with Crippen molar-refractivity contribution in [3.05, 3.63) is 5.21 Å². The quantitative estimate of drug-likeness (QED) is 0.425. The van der Waals surface area contributed by atoms with E-state index in [2.05, 4.69) is 0 Å². The molecule has 0 amide bonds. The van der Waals surface area contributed by atoms with E-state index in [1.165, 1.54) is 19.3 Å². The second kappa shape index (κ2) is 6.88. The van der Waals surface area contributed by atoms with Gasteiger partial charge in [0.05, 0.1) is 25.6 Å². The van der Waals surface area contributed by atoms with Crippen LogP contribution in [0.4, 0.5) is 0 Å². The summed E-state index contributed by atoms with van der Waals surface area (Å²) >= 11 is 0. The highest BCUT2D eigenvalue weighted by atomic mass is 16.5. The number of carbonyl (C=O) groups excluding carboxylic acids is 1. The molecule has 4 heteroatoms. The highest BCUT2D eigenvalue weighted by Gasteiger charge is 2.55. The molecule has 0 spiro atoms. The molecule has 4 rings (SSSR count). The van der Waals surface area contributed by atoms with Crippen molar-refractivity contribution >= 4 is 5.97 Å². The van der Waals surface area contributed by atoms with E-state index in [9.17, 15) is 10.0 Å². The van der Waals surface area contributed by atoms with Crippen molar-refractivity contribution in [3.63, 3.8) is 0 Å². The molecule has 1 atom stereocenters. The molecule has 0 aromatic heterocycles. The summed E-state index contributed by atoms with van der Waals surface area (Å²) in [6, 6.07) is 0. The predicted octanol–water partition coefficient (Wildman–Crippen LogP) is 2.32. The maximum atomic E-state index is 12.6. The average molecular weight is 309 g/mol. The van der Waals surface area contributed by atoms with Crippen LogP contribution in [0.5, 0.6) is 0 Å². The number of hydroxylamine groups is 2. The Bertz CT molecular complexity index is 359. The van der Waals surface area contributed by atoms with E-state index in [0.29, 0.717) is 13.2 Å². The first kappa shape index (κ1) is 16.3. The summed E-state index contributed by atoms with van der Waals surface area (Å²) in [4.78, 5) is 12.6. The van der Waals surface area contributed by atoms with Crippen LogP contribution in [0, 0.1) is 28.4 Å². The van der Waals surface area contributed by atoms with Gasteiger partial charge in [0.1, 0.15) is 0 Å². The van der Waals surface area contributed by atoms with Crippen molar-refractivity contribution in [1.29, 1.82) is 0 Å². The number of unbranched alkanes of at least 4 members (excludes halogenated alkanes) is 3. The normalized spacial score (nSPS) is 37.3. The third kappa shape index (κ3) is 3.65. The fourth-order valence-electron chi connectivity index (χ4n) is 5.51. The molecule has 0 radical (unpaired) electrons. The van der Waals surface area contributed by atoms with Crippen molar-refractivity contribution in [2.45, 2.75) is 64.2 Å². The zero-order chi connectivity index (χ0) is 15.6. The topological polar surface area (TPSA) is 53.8 Å². The molecule has 126 valence electrons. The third-order valence-electron chi connectivity index (χ3n) is 6.13. The number of ether oxygens (including phenoxy) is 1. The number of nitrogens with one attached hydrogen (secondary N) is 1. The number of rotatable bonds is 8. The minimum atomic E-state index is -0.108. The highest BCUT2D eigenvalue weighted by molar-refractivity contribution is 5.77. The fraction of sp³-hybridized carbons (Fsp3) is 0.944. The van der Waals surface area contributed by atoms with Crippen LogP contribution in [0.15, 0.2) is 0 Å². The third-order valence-corrected chi connectivity index (χ3v) is 6.13. The van der Waals surface area contributed by atoms with Crippen molar-refractivity contribution in [2.24, 2.45) is 23.2 Å². The average Bonchev–Trinajstić information content (AvgIpc) is 2.44. The van der Waals surface area contributed by atoms with Crippen LogP contribution in [-0.4, -0.2) is 26.2 Å². The van der Waals surface area contributed by atoms with Crippen LogP contribution < -0.4 is 5.06 Å². The number of hydrogen-bond acceptors (Lipinski definition) is 3. The van der Waals surface area contributed by atoms with Gasteiger partial charge < -0.3 is 15.0 Å². The summed E-state index contributed by atoms with van der Waals surface area (Å²) in [5, 5.41) is 11.1. The van der Waals surface area contributed by atoms with E-state index in [-0.39, 0.29) is 16.4 Å². The molecule has 0 saturated heterocycles. The van der Waals surface area contributed by atoms with Gasteiger partial charge in [-0.15, -0.1) is 0 Å². The van der Waals surface area contributed by atoms with E-state index in [1.54, 1.807) is 7.05 Å². The standard InChI is InChI=1S/C18H31NO3/c1-19(21)6-4-2-3-5-7-22-17(20)18-11-14-8-15(12-18)10-16(9-14)13-18/h14-16,19H,2-13H2,1H3. The minimum Gasteiger partial charge on any atom is -0.634 e. The molecule has 4 aliphatic carbocycles. The Morgan fingerprint density at radius 1 is 1.05 bits per heavy atom. The molecule has 1 unspecified atom stereocenters. The second-order valence-electron chi connectivity index (χ2n) is 8.20. The van der Waals surface area contributed by atoms with Crippen LogP contribution in [-0.2, 0) is 9.53 Å². The minimum absolute atomic E-state index is 0.107. The lowest BCUT2D eigenvalue weighted by atomic mass is 9.49. The van der Waals surface area contributed by atoms with Crippen LogP contribution >= 0.6 is 0 Å². The number of hydrogen-bond donors (Lipinski definition) is 1. The van der Waals surface area contributed by atoms with E-state index in [1.807, 2.05) is 0 Å². The maximum Gasteiger partial charge on any atom is 0.312 e. The van der Waals surface area contributed by atoms with Crippen LogP contribution in [0.3, 0.4) is 0 Å². The smallest absolute Gasteiger partial charge is 0.312 e. The van der Waals surface area contributed by atoms with E-state index < -0.39 is 0 Å². The van der Waals surface area contributed by atoms with E-state index in [4.69, 9.17) is 4.74 Å². The first-order chi connectivity index (χ1) is 10.6. The molecule has 0 aliphatic heterocycles. The van der Waals surface area contributed by atoms with Gasteiger partial charge >= 0.3 is 5.97 Å². The molecular weight excluding hydrogens is 278 g/mol. The number of carbonyl (C=O) groups is 1. The van der Waals surface area contributed by atoms with Gasteiger partial charge in [0.15, 0.2) is 0 Å². The molecule has 1 N–H and O–H groups in total. The van der Waals surface area contributed by atoms with Crippen molar-refractivity contribution in [2.75, 3.05) is 20.2 Å².